The van der Waals surface area contributed by atoms with Gasteiger partial charge in [0, 0.05) is 6.07 Å². The average Bonchev–Trinajstić information content (AvgIpc) is 2.35. The smallest absolute Gasteiger partial charge is 0.339 e. The molecular weight excluding hydrogens is 250 g/mol. The van der Waals surface area contributed by atoms with Gasteiger partial charge in [-0.15, -0.1) is 0 Å². The predicted molar refractivity (Wildman–Crippen MR) is 54.1 cm³/mol. The largest absolute Gasteiger partial charge is 0.465 e. The summed E-state index contributed by atoms with van der Waals surface area (Å²) in [6.45, 7) is 0. The first-order chi connectivity index (χ1) is 8.42. The van der Waals surface area contributed by atoms with Gasteiger partial charge in [-0.1, -0.05) is 0 Å². The van der Waals surface area contributed by atoms with E-state index in [0.717, 1.165) is 7.11 Å². The van der Waals surface area contributed by atoms with E-state index in [1.807, 2.05) is 0 Å². The lowest BCUT2D eigenvalue weighted by Crippen LogP contribution is -2.07. The molecule has 0 heterocycles. The number of ether oxygens (including phenoxy) is 1. The zero-order valence-corrected chi connectivity index (χ0v) is 9.02. The number of halogens is 2. The van der Waals surface area contributed by atoms with E-state index in [4.69, 9.17) is 5.26 Å². The van der Waals surface area contributed by atoms with Crippen LogP contribution in [0.3, 0.4) is 0 Å². The second kappa shape index (κ2) is 5.18. The Balaban J connectivity index is 3.58. The molecule has 18 heavy (non-hydrogen) atoms. The van der Waals surface area contributed by atoms with Gasteiger partial charge in [-0.05, 0) is 6.07 Å². The molecule has 0 radical (unpaired) electrons. The molecule has 1 rings (SSSR count). The van der Waals surface area contributed by atoms with Gasteiger partial charge in [-0.2, -0.15) is 5.26 Å². The molecule has 0 aliphatic carbocycles. The normalized spacial score (nSPS) is 9.94. The highest BCUT2D eigenvalue weighted by Crippen LogP contribution is 2.31. The van der Waals surface area contributed by atoms with Crippen LogP contribution < -0.4 is 0 Å². The lowest BCUT2D eigenvalue weighted by Gasteiger charge is -2.06. The topological polar surface area (TPSA) is 93.2 Å². The minimum atomic E-state index is -3.14. The van der Waals surface area contributed by atoms with Gasteiger partial charge in [0.1, 0.15) is 6.07 Å². The SMILES string of the molecule is COC(=O)c1cc(C(F)F)c([N+](=O)[O-])cc1C#N. The van der Waals surface area contributed by atoms with E-state index >= 15 is 0 Å². The van der Waals surface area contributed by atoms with Crippen LogP contribution in [-0.2, 0) is 4.74 Å². The number of methoxy groups -OCH3 is 1. The van der Waals surface area contributed by atoms with Crippen molar-refractivity contribution in [3.8, 4) is 6.07 Å². The fourth-order valence-corrected chi connectivity index (χ4v) is 1.31. The fraction of sp³-hybridized carbons (Fsp3) is 0.200. The van der Waals surface area contributed by atoms with Crippen LogP contribution >= 0.6 is 0 Å². The zero-order valence-electron chi connectivity index (χ0n) is 9.02. The molecular formula is C10H6F2N2O4. The number of esters is 1. The van der Waals surface area contributed by atoms with Crippen LogP contribution in [0.25, 0.3) is 0 Å². The van der Waals surface area contributed by atoms with Gasteiger partial charge in [0.15, 0.2) is 0 Å². The summed E-state index contributed by atoms with van der Waals surface area (Å²) in [5.41, 5.74) is -2.66. The molecule has 0 aliphatic heterocycles. The molecule has 94 valence electrons. The van der Waals surface area contributed by atoms with Crippen LogP contribution in [0.2, 0.25) is 0 Å². The van der Waals surface area contributed by atoms with Crippen molar-refractivity contribution in [1.82, 2.24) is 0 Å². The monoisotopic (exact) mass is 256 g/mol. The molecule has 0 aromatic heterocycles. The summed E-state index contributed by atoms with van der Waals surface area (Å²) in [4.78, 5) is 20.8. The quantitative estimate of drug-likeness (QED) is 0.469. The second-order valence-corrected chi connectivity index (χ2v) is 3.12. The van der Waals surface area contributed by atoms with Gasteiger partial charge in [0.05, 0.1) is 28.7 Å². The molecule has 0 amide bonds. The number of carbonyl (C=O) groups excluding carboxylic acids is 1. The van der Waals surface area contributed by atoms with Crippen molar-refractivity contribution in [3.63, 3.8) is 0 Å². The maximum Gasteiger partial charge on any atom is 0.339 e. The fourth-order valence-electron chi connectivity index (χ4n) is 1.31. The van der Waals surface area contributed by atoms with E-state index in [1.165, 1.54) is 6.07 Å². The number of hydrogen-bond acceptors (Lipinski definition) is 5. The number of hydrogen-bond donors (Lipinski definition) is 0. The Morgan fingerprint density at radius 3 is 2.56 bits per heavy atom. The molecule has 8 heteroatoms. The number of nitro benzene ring substituents is 1. The van der Waals surface area contributed by atoms with Crippen molar-refractivity contribution in [2.45, 2.75) is 6.43 Å². The van der Waals surface area contributed by atoms with Gasteiger partial charge in [0.25, 0.3) is 12.1 Å². The van der Waals surface area contributed by atoms with Crippen molar-refractivity contribution < 1.29 is 23.2 Å². The third-order valence-corrected chi connectivity index (χ3v) is 2.12. The van der Waals surface area contributed by atoms with Crippen LogP contribution in [0.1, 0.15) is 27.9 Å². The molecule has 0 aliphatic rings. The molecule has 6 nitrogen and oxygen atoms in total. The number of rotatable bonds is 3. The standard InChI is InChI=1S/C10H6F2N2O4/c1-18-10(15)6-3-7(9(11)12)8(14(16)17)2-5(6)4-13/h2-3,9H,1H3. The molecule has 0 saturated heterocycles. The Morgan fingerprint density at radius 1 is 1.56 bits per heavy atom. The number of benzene rings is 1. The summed E-state index contributed by atoms with van der Waals surface area (Å²) in [7, 11) is 1.01. The Morgan fingerprint density at radius 2 is 2.17 bits per heavy atom. The molecule has 1 aromatic rings. The van der Waals surface area contributed by atoms with Gasteiger partial charge >= 0.3 is 5.97 Å². The van der Waals surface area contributed by atoms with E-state index < -0.39 is 39.7 Å². The highest BCUT2D eigenvalue weighted by atomic mass is 19.3. The molecule has 0 spiro atoms. The van der Waals surface area contributed by atoms with Crippen LogP contribution in [0.5, 0.6) is 0 Å². The lowest BCUT2D eigenvalue weighted by atomic mass is 10.0. The highest BCUT2D eigenvalue weighted by molar-refractivity contribution is 5.93. The summed E-state index contributed by atoms with van der Waals surface area (Å²) < 4.78 is 29.6. The van der Waals surface area contributed by atoms with Crippen LogP contribution in [-0.4, -0.2) is 18.0 Å². The molecule has 0 fully saturated rings. The van der Waals surface area contributed by atoms with Gasteiger partial charge in [0.2, 0.25) is 0 Å². The Hall–Kier alpha value is -2.56. The maximum atomic E-state index is 12.6. The van der Waals surface area contributed by atoms with Crippen molar-refractivity contribution in [2.75, 3.05) is 7.11 Å². The first kappa shape index (κ1) is 13.5. The molecule has 0 N–H and O–H groups in total. The second-order valence-electron chi connectivity index (χ2n) is 3.12. The predicted octanol–water partition coefficient (Wildman–Crippen LogP) is 2.19. The summed E-state index contributed by atoms with van der Waals surface area (Å²) in [6, 6.07) is 2.76. The molecule has 0 unspecified atom stereocenters. The van der Waals surface area contributed by atoms with Crippen molar-refractivity contribution in [3.05, 3.63) is 38.9 Å². The van der Waals surface area contributed by atoms with E-state index in [-0.39, 0.29) is 0 Å². The van der Waals surface area contributed by atoms with E-state index in [2.05, 4.69) is 4.74 Å². The minimum absolute atomic E-state index is 0.391. The van der Waals surface area contributed by atoms with Crippen LogP contribution in [0.15, 0.2) is 12.1 Å². The van der Waals surface area contributed by atoms with E-state index in [1.54, 1.807) is 0 Å². The van der Waals surface area contributed by atoms with Gasteiger partial charge in [-0.25, -0.2) is 13.6 Å². The van der Waals surface area contributed by atoms with Crippen LogP contribution in [0.4, 0.5) is 14.5 Å². The summed E-state index contributed by atoms with van der Waals surface area (Å²) in [5, 5.41) is 19.3. The molecule has 1 aromatic carbocycles. The van der Waals surface area contributed by atoms with E-state index in [9.17, 15) is 23.7 Å². The Kier molecular flexibility index (Phi) is 3.89. The lowest BCUT2D eigenvalue weighted by molar-refractivity contribution is -0.386. The number of nitro groups is 1. The zero-order chi connectivity index (χ0) is 13.9. The highest BCUT2D eigenvalue weighted by Gasteiger charge is 2.26. The first-order valence-corrected chi connectivity index (χ1v) is 4.51. The Bertz CT molecular complexity index is 552. The Labute approximate surface area is 99.5 Å². The molecule has 0 saturated carbocycles. The van der Waals surface area contributed by atoms with Gasteiger partial charge < -0.3 is 4.74 Å². The third-order valence-electron chi connectivity index (χ3n) is 2.12. The number of carbonyl (C=O) groups is 1. The number of nitrogens with zero attached hydrogens (tertiary/aromatic N) is 2. The number of nitriles is 1. The number of alkyl halides is 2. The third kappa shape index (κ3) is 2.40. The minimum Gasteiger partial charge on any atom is -0.465 e. The molecule has 0 bridgehead atoms. The summed E-state index contributed by atoms with van der Waals surface area (Å²) in [6.07, 6.45) is -3.14. The maximum absolute atomic E-state index is 12.6. The van der Waals surface area contributed by atoms with Crippen molar-refractivity contribution >= 4 is 11.7 Å². The molecule has 0 atom stereocenters. The summed E-state index contributed by atoms with van der Waals surface area (Å²) in [5.74, 6) is -1.01. The average molecular weight is 256 g/mol. The summed E-state index contributed by atoms with van der Waals surface area (Å²) >= 11 is 0. The van der Waals surface area contributed by atoms with E-state index in [0.29, 0.717) is 12.1 Å². The van der Waals surface area contributed by atoms with Crippen LogP contribution in [0, 0.1) is 21.4 Å². The van der Waals surface area contributed by atoms with Crippen molar-refractivity contribution in [2.24, 2.45) is 0 Å². The van der Waals surface area contributed by atoms with Gasteiger partial charge in [-0.3, -0.25) is 10.1 Å². The first-order valence-electron chi connectivity index (χ1n) is 4.51. The van der Waals surface area contributed by atoms with Crippen molar-refractivity contribution in [1.29, 1.82) is 5.26 Å².